The van der Waals surface area contributed by atoms with E-state index in [2.05, 4.69) is 41.7 Å². The van der Waals surface area contributed by atoms with Crippen molar-refractivity contribution in [2.24, 2.45) is 0 Å². The first kappa shape index (κ1) is 18.8. The summed E-state index contributed by atoms with van der Waals surface area (Å²) in [5.41, 5.74) is 2.01. The van der Waals surface area contributed by atoms with E-state index >= 15 is 0 Å². The zero-order valence-corrected chi connectivity index (χ0v) is 15.4. The van der Waals surface area contributed by atoms with Crippen LogP contribution in [0.1, 0.15) is 22.3 Å². The van der Waals surface area contributed by atoms with Crippen LogP contribution < -0.4 is 5.32 Å². The molecule has 0 bridgehead atoms. The van der Waals surface area contributed by atoms with Crippen LogP contribution in [0.2, 0.25) is 0 Å². The molecule has 0 aliphatic carbocycles. The predicted molar refractivity (Wildman–Crippen MR) is 103 cm³/mol. The van der Waals surface area contributed by atoms with Crippen LogP contribution >= 0.6 is 24.2 Å². The van der Waals surface area contributed by atoms with Crippen LogP contribution in [-0.2, 0) is 5.75 Å². The van der Waals surface area contributed by atoms with Crippen LogP contribution in [-0.4, -0.2) is 37.0 Å². The highest BCUT2D eigenvalue weighted by Gasteiger charge is 2.23. The van der Waals surface area contributed by atoms with Gasteiger partial charge in [0.25, 0.3) is 5.91 Å². The summed E-state index contributed by atoms with van der Waals surface area (Å²) in [6.07, 6.45) is 1.04. The highest BCUT2D eigenvalue weighted by molar-refractivity contribution is 7.98. The zero-order valence-electron chi connectivity index (χ0n) is 13.8. The Labute approximate surface area is 154 Å². The van der Waals surface area contributed by atoms with Gasteiger partial charge in [0.05, 0.1) is 0 Å². The summed E-state index contributed by atoms with van der Waals surface area (Å²) in [7, 11) is 1.90. The van der Waals surface area contributed by atoms with Crippen LogP contribution in [0.3, 0.4) is 0 Å². The van der Waals surface area contributed by atoms with Crippen molar-refractivity contribution in [2.75, 3.05) is 20.1 Å². The summed E-state index contributed by atoms with van der Waals surface area (Å²) < 4.78 is 0. The second-order valence-electron chi connectivity index (χ2n) is 5.86. The molecule has 0 aromatic heterocycles. The summed E-state index contributed by atoms with van der Waals surface area (Å²) in [6, 6.07) is 18.7. The minimum absolute atomic E-state index is 0. The van der Waals surface area contributed by atoms with Crippen molar-refractivity contribution in [3.63, 3.8) is 0 Å². The van der Waals surface area contributed by atoms with Crippen LogP contribution in [0, 0.1) is 0 Å². The van der Waals surface area contributed by atoms with E-state index in [-0.39, 0.29) is 18.3 Å². The molecule has 3 rings (SSSR count). The number of halogens is 1. The first-order valence-electron chi connectivity index (χ1n) is 7.99. The Hall–Kier alpha value is -1.49. The number of hydrogen-bond acceptors (Lipinski definition) is 3. The van der Waals surface area contributed by atoms with E-state index in [1.54, 1.807) is 0 Å². The first-order valence-corrected chi connectivity index (χ1v) is 8.97. The summed E-state index contributed by atoms with van der Waals surface area (Å²) in [5.74, 6) is 1.03. The third kappa shape index (κ3) is 4.76. The number of benzene rings is 2. The molecule has 1 heterocycles. The van der Waals surface area contributed by atoms with Crippen molar-refractivity contribution >= 4 is 30.1 Å². The third-order valence-corrected chi connectivity index (χ3v) is 5.34. The third-order valence-electron chi connectivity index (χ3n) is 4.25. The number of carbonyl (C=O) groups excluding carboxylic acids is 1. The Morgan fingerprint density at radius 3 is 2.50 bits per heavy atom. The van der Waals surface area contributed by atoms with Crippen molar-refractivity contribution in [1.82, 2.24) is 10.2 Å². The summed E-state index contributed by atoms with van der Waals surface area (Å²) in [4.78, 5) is 15.6. The fourth-order valence-electron chi connectivity index (χ4n) is 2.77. The number of amides is 1. The quantitative estimate of drug-likeness (QED) is 0.820. The Balaban J connectivity index is 0.00000208. The predicted octanol–water partition coefficient (Wildman–Crippen LogP) is 3.83. The minimum atomic E-state index is 0. The molecule has 1 N–H and O–H groups in total. The lowest BCUT2D eigenvalue weighted by Crippen LogP contribution is -2.38. The molecular weight excluding hydrogens is 340 g/mol. The molecule has 1 aliphatic heterocycles. The maximum atomic E-state index is 12.5. The molecule has 1 saturated heterocycles. The molecule has 1 unspecified atom stereocenters. The van der Waals surface area contributed by atoms with Gasteiger partial charge in [-0.05, 0) is 42.8 Å². The first-order chi connectivity index (χ1) is 11.2. The highest BCUT2D eigenvalue weighted by atomic mass is 35.5. The van der Waals surface area contributed by atoms with Gasteiger partial charge in [0, 0.05) is 35.8 Å². The Bertz CT molecular complexity index is 642. The molecule has 2 aromatic rings. The van der Waals surface area contributed by atoms with E-state index in [1.807, 2.05) is 41.9 Å². The van der Waals surface area contributed by atoms with Gasteiger partial charge in [-0.3, -0.25) is 4.79 Å². The highest BCUT2D eigenvalue weighted by Crippen LogP contribution is 2.22. The lowest BCUT2D eigenvalue weighted by atomic mass is 10.1. The van der Waals surface area contributed by atoms with Gasteiger partial charge < -0.3 is 10.2 Å². The second-order valence-corrected chi connectivity index (χ2v) is 6.91. The van der Waals surface area contributed by atoms with Gasteiger partial charge in [0.15, 0.2) is 0 Å². The smallest absolute Gasteiger partial charge is 0.253 e. The van der Waals surface area contributed by atoms with Crippen LogP contribution in [0.15, 0.2) is 59.5 Å². The fraction of sp³-hybridized carbons (Fsp3) is 0.316. The normalized spacial score (nSPS) is 16.5. The van der Waals surface area contributed by atoms with Crippen molar-refractivity contribution in [3.8, 4) is 0 Å². The van der Waals surface area contributed by atoms with E-state index < -0.39 is 0 Å². The number of nitrogens with zero attached hydrogens (tertiary/aromatic N) is 1. The van der Waals surface area contributed by atoms with Crippen LogP contribution in [0.25, 0.3) is 0 Å². The summed E-state index contributed by atoms with van der Waals surface area (Å²) >= 11 is 1.81. The number of carbonyl (C=O) groups is 1. The van der Waals surface area contributed by atoms with Gasteiger partial charge >= 0.3 is 0 Å². The van der Waals surface area contributed by atoms with E-state index in [0.717, 1.165) is 30.8 Å². The topological polar surface area (TPSA) is 32.3 Å². The number of nitrogens with one attached hydrogen (secondary N) is 1. The number of thioether (sulfide) groups is 1. The molecule has 1 atom stereocenters. The second kappa shape index (κ2) is 9.11. The molecular formula is C19H23ClN2OS. The Morgan fingerprint density at radius 1 is 1.17 bits per heavy atom. The zero-order chi connectivity index (χ0) is 16.1. The molecule has 5 heteroatoms. The van der Waals surface area contributed by atoms with E-state index in [4.69, 9.17) is 0 Å². The van der Waals surface area contributed by atoms with Gasteiger partial charge in [0.1, 0.15) is 0 Å². The molecule has 0 radical (unpaired) electrons. The molecule has 2 aromatic carbocycles. The average molecular weight is 363 g/mol. The molecule has 3 nitrogen and oxygen atoms in total. The summed E-state index contributed by atoms with van der Waals surface area (Å²) in [5, 5.41) is 3.30. The maximum absolute atomic E-state index is 12.5. The van der Waals surface area contributed by atoms with Gasteiger partial charge in [0.2, 0.25) is 0 Å². The number of likely N-dealkylation sites (N-methyl/N-ethyl adjacent to an activating group) is 1. The molecule has 128 valence electrons. The van der Waals surface area contributed by atoms with Crippen molar-refractivity contribution in [1.29, 1.82) is 0 Å². The van der Waals surface area contributed by atoms with E-state index in [0.29, 0.717) is 6.04 Å². The Kier molecular flexibility index (Phi) is 7.16. The molecule has 24 heavy (non-hydrogen) atoms. The van der Waals surface area contributed by atoms with Gasteiger partial charge in [-0.15, -0.1) is 24.2 Å². The maximum Gasteiger partial charge on any atom is 0.253 e. The van der Waals surface area contributed by atoms with Crippen molar-refractivity contribution in [2.45, 2.75) is 23.1 Å². The lowest BCUT2D eigenvalue weighted by molar-refractivity contribution is 0.0744. The van der Waals surface area contributed by atoms with Crippen molar-refractivity contribution < 1.29 is 4.79 Å². The molecule has 0 saturated carbocycles. The number of hydrogen-bond donors (Lipinski definition) is 1. The lowest BCUT2D eigenvalue weighted by Gasteiger charge is -2.23. The SMILES string of the molecule is CN(C(=O)c1ccc(CSc2ccccc2)cc1)C1CCNC1.Cl. The average Bonchev–Trinajstić information content (AvgIpc) is 3.15. The van der Waals surface area contributed by atoms with Crippen LogP contribution in [0.4, 0.5) is 0 Å². The molecule has 1 amide bonds. The monoisotopic (exact) mass is 362 g/mol. The van der Waals surface area contributed by atoms with E-state index in [9.17, 15) is 4.79 Å². The number of rotatable bonds is 5. The van der Waals surface area contributed by atoms with Gasteiger partial charge in [-0.25, -0.2) is 0 Å². The molecule has 1 aliphatic rings. The summed E-state index contributed by atoms with van der Waals surface area (Å²) in [6.45, 7) is 1.89. The molecule has 0 spiro atoms. The minimum Gasteiger partial charge on any atom is -0.337 e. The van der Waals surface area contributed by atoms with Gasteiger partial charge in [-0.1, -0.05) is 30.3 Å². The van der Waals surface area contributed by atoms with Crippen molar-refractivity contribution in [3.05, 3.63) is 65.7 Å². The Morgan fingerprint density at radius 2 is 1.88 bits per heavy atom. The van der Waals surface area contributed by atoms with Crippen LogP contribution in [0.5, 0.6) is 0 Å². The standard InChI is InChI=1S/C19H22N2OS.ClH/c1-21(17-11-12-20-13-17)19(22)16-9-7-15(8-10-16)14-23-18-5-3-2-4-6-18;/h2-10,17,20H,11-14H2,1H3;1H. The largest absolute Gasteiger partial charge is 0.337 e. The van der Waals surface area contributed by atoms with E-state index in [1.165, 1.54) is 10.5 Å². The molecule has 1 fully saturated rings. The van der Waals surface area contributed by atoms with Gasteiger partial charge in [-0.2, -0.15) is 0 Å². The fourth-order valence-corrected chi connectivity index (χ4v) is 3.64.